The lowest BCUT2D eigenvalue weighted by Gasteiger charge is -2.21. The van der Waals surface area contributed by atoms with Gasteiger partial charge >= 0.3 is 11.9 Å². The van der Waals surface area contributed by atoms with Crippen molar-refractivity contribution in [3.63, 3.8) is 0 Å². The molecule has 4 unspecified atom stereocenters. The summed E-state index contributed by atoms with van der Waals surface area (Å²) in [5, 5.41) is 0. The number of hydrogen-bond acceptors (Lipinski definition) is 6. The van der Waals surface area contributed by atoms with Crippen molar-refractivity contribution in [3.05, 3.63) is 0 Å². The Kier molecular flexibility index (Phi) is 10.6. The maximum Gasteiger partial charge on any atom is 0.305 e. The van der Waals surface area contributed by atoms with Crippen molar-refractivity contribution in [2.75, 3.05) is 36.2 Å². The van der Waals surface area contributed by atoms with Gasteiger partial charge in [-0.1, -0.05) is 0 Å². The molecule has 0 aliphatic carbocycles. The largest absolute Gasteiger partial charge is 0.465 e. The average molecular weight is 421 g/mol. The molecule has 8 heteroatoms. The smallest absolute Gasteiger partial charge is 0.305 e. The van der Waals surface area contributed by atoms with Gasteiger partial charge in [-0.25, -0.2) is 0 Å². The number of carbonyl (C=O) groups is 2. The Morgan fingerprint density at radius 1 is 0.704 bits per heavy atom. The van der Waals surface area contributed by atoms with Crippen molar-refractivity contribution < 1.29 is 27.5 Å². The van der Waals surface area contributed by atoms with Crippen LogP contribution in [0.1, 0.15) is 57.8 Å². The minimum absolute atomic E-state index is 0.106. The zero-order valence-corrected chi connectivity index (χ0v) is 17.7. The lowest BCUT2D eigenvalue weighted by molar-refractivity contribution is -0.150. The first-order chi connectivity index (χ1) is 13.0. The van der Waals surface area contributed by atoms with Crippen LogP contribution < -0.4 is 0 Å². The molecule has 0 spiro atoms. The first-order valence-electron chi connectivity index (χ1n) is 10.0. The molecule has 0 amide bonds. The molecule has 0 aromatic heterocycles. The highest BCUT2D eigenvalue weighted by atomic mass is 32.2. The molecule has 2 fully saturated rings. The third kappa shape index (κ3) is 9.83. The van der Waals surface area contributed by atoms with E-state index in [4.69, 9.17) is 9.47 Å². The van der Waals surface area contributed by atoms with Crippen LogP contribution in [-0.4, -0.2) is 56.6 Å². The van der Waals surface area contributed by atoms with E-state index in [0.717, 1.165) is 44.9 Å². The molecule has 2 heterocycles. The van der Waals surface area contributed by atoms with Gasteiger partial charge in [0.1, 0.15) is 0 Å². The second kappa shape index (κ2) is 12.6. The van der Waals surface area contributed by atoms with Crippen molar-refractivity contribution in [3.8, 4) is 0 Å². The first-order valence-corrected chi connectivity index (χ1v) is 13.0. The molecule has 2 aliphatic rings. The molecule has 0 aromatic carbocycles. The SMILES string of the molecule is O=C1CCC(CCCS(=O)CCCS(=O)CCCC2CCC(=O)OC2)CO1. The molecule has 2 aliphatic heterocycles. The molecule has 2 saturated heterocycles. The van der Waals surface area contributed by atoms with Crippen LogP contribution in [-0.2, 0) is 40.7 Å². The van der Waals surface area contributed by atoms with Crippen LogP contribution in [0.4, 0.5) is 0 Å². The average Bonchev–Trinajstić information content (AvgIpc) is 2.65. The zero-order valence-electron chi connectivity index (χ0n) is 16.0. The summed E-state index contributed by atoms with van der Waals surface area (Å²) in [6.07, 6.45) is 7.22. The molecule has 0 bridgehead atoms. The highest BCUT2D eigenvalue weighted by Gasteiger charge is 2.20. The lowest BCUT2D eigenvalue weighted by atomic mass is 9.97. The summed E-state index contributed by atoms with van der Waals surface area (Å²) >= 11 is 0. The topological polar surface area (TPSA) is 86.7 Å². The summed E-state index contributed by atoms with van der Waals surface area (Å²) in [7, 11) is -1.70. The highest BCUT2D eigenvalue weighted by molar-refractivity contribution is 7.85. The minimum atomic E-state index is -0.851. The Balaban J connectivity index is 1.43. The molecule has 0 radical (unpaired) electrons. The fraction of sp³-hybridized carbons (Fsp3) is 0.895. The van der Waals surface area contributed by atoms with Crippen LogP contribution in [0.3, 0.4) is 0 Å². The number of cyclic esters (lactones) is 2. The summed E-state index contributed by atoms with van der Waals surface area (Å²) in [6.45, 7) is 1.02. The predicted molar refractivity (Wildman–Crippen MR) is 106 cm³/mol. The van der Waals surface area contributed by atoms with Crippen molar-refractivity contribution in [1.29, 1.82) is 0 Å². The number of esters is 2. The molecule has 0 N–H and O–H groups in total. The zero-order chi connectivity index (χ0) is 19.5. The number of hydrogen-bond donors (Lipinski definition) is 0. The van der Waals surface area contributed by atoms with E-state index in [1.807, 2.05) is 0 Å². The Morgan fingerprint density at radius 3 is 1.48 bits per heavy atom. The molecule has 156 valence electrons. The standard InChI is InChI=1S/C19H32O6S2/c20-18-8-6-16(14-24-18)4-1-10-26(22)12-3-13-27(23)11-2-5-17-7-9-19(21)25-15-17/h16-17H,1-15H2. The van der Waals surface area contributed by atoms with Crippen molar-refractivity contribution in [2.24, 2.45) is 11.8 Å². The molecule has 6 nitrogen and oxygen atoms in total. The van der Waals surface area contributed by atoms with Crippen molar-refractivity contribution in [2.45, 2.75) is 57.8 Å². The summed E-state index contributed by atoms with van der Waals surface area (Å²) in [5.74, 6) is 3.21. The van der Waals surface area contributed by atoms with E-state index in [1.165, 1.54) is 0 Å². The van der Waals surface area contributed by atoms with Crippen molar-refractivity contribution in [1.82, 2.24) is 0 Å². The summed E-state index contributed by atoms with van der Waals surface area (Å²) in [4.78, 5) is 22.0. The van der Waals surface area contributed by atoms with E-state index in [9.17, 15) is 18.0 Å². The number of ether oxygens (including phenoxy) is 2. The van der Waals surface area contributed by atoms with Gasteiger partial charge in [0.25, 0.3) is 0 Å². The lowest BCUT2D eigenvalue weighted by Crippen LogP contribution is -2.22. The monoisotopic (exact) mass is 420 g/mol. The van der Waals surface area contributed by atoms with Crippen LogP contribution in [0.2, 0.25) is 0 Å². The second-order valence-electron chi connectivity index (χ2n) is 7.51. The van der Waals surface area contributed by atoms with E-state index in [2.05, 4.69) is 0 Å². The Morgan fingerprint density at radius 2 is 1.11 bits per heavy atom. The molecule has 4 atom stereocenters. The van der Waals surface area contributed by atoms with Crippen LogP contribution >= 0.6 is 0 Å². The molecule has 0 saturated carbocycles. The van der Waals surface area contributed by atoms with Gasteiger partial charge in [-0.3, -0.25) is 18.0 Å². The van der Waals surface area contributed by atoms with Crippen LogP contribution in [0.15, 0.2) is 0 Å². The van der Waals surface area contributed by atoms with Crippen LogP contribution in [0.25, 0.3) is 0 Å². The Labute approximate surface area is 167 Å². The molecule has 2 rings (SSSR count). The Hall–Kier alpha value is -0.760. The van der Waals surface area contributed by atoms with Gasteiger partial charge in [-0.05, 0) is 56.8 Å². The predicted octanol–water partition coefficient (Wildman–Crippen LogP) is 2.34. The maximum atomic E-state index is 12.1. The van der Waals surface area contributed by atoms with E-state index < -0.39 is 21.6 Å². The molecule has 0 aromatic rings. The van der Waals surface area contributed by atoms with E-state index in [-0.39, 0.29) is 11.9 Å². The van der Waals surface area contributed by atoms with Gasteiger partial charge in [0.05, 0.1) is 13.2 Å². The second-order valence-corrected chi connectivity index (χ2v) is 10.9. The number of carbonyl (C=O) groups excluding carboxylic acids is 2. The van der Waals surface area contributed by atoms with Gasteiger partial charge in [-0.2, -0.15) is 0 Å². The number of rotatable bonds is 12. The minimum Gasteiger partial charge on any atom is -0.465 e. The normalized spacial score (nSPS) is 25.5. The van der Waals surface area contributed by atoms with Gasteiger partial charge in [-0.15, -0.1) is 0 Å². The first kappa shape index (κ1) is 22.5. The van der Waals surface area contributed by atoms with Gasteiger partial charge in [0.15, 0.2) is 0 Å². The van der Waals surface area contributed by atoms with E-state index in [1.54, 1.807) is 0 Å². The molecular weight excluding hydrogens is 388 g/mol. The quantitative estimate of drug-likeness (QED) is 0.451. The molecule has 27 heavy (non-hydrogen) atoms. The Bertz CT molecular complexity index is 470. The third-order valence-corrected chi connectivity index (χ3v) is 8.16. The maximum absolute atomic E-state index is 12.1. The van der Waals surface area contributed by atoms with Crippen LogP contribution in [0.5, 0.6) is 0 Å². The summed E-state index contributed by atoms with van der Waals surface area (Å²) < 4.78 is 34.2. The van der Waals surface area contributed by atoms with Crippen molar-refractivity contribution >= 4 is 33.5 Å². The van der Waals surface area contributed by atoms with Gasteiger partial charge < -0.3 is 9.47 Å². The third-order valence-electron chi connectivity index (χ3n) is 5.19. The fourth-order valence-corrected chi connectivity index (χ4v) is 5.98. The van der Waals surface area contributed by atoms with Gasteiger partial charge in [0.2, 0.25) is 0 Å². The summed E-state index contributed by atoms with van der Waals surface area (Å²) in [5.41, 5.74) is 0. The van der Waals surface area contributed by atoms with E-state index in [0.29, 0.717) is 60.9 Å². The summed E-state index contributed by atoms with van der Waals surface area (Å²) in [6, 6.07) is 0. The molecular formula is C19H32O6S2. The van der Waals surface area contributed by atoms with Gasteiger partial charge in [0, 0.05) is 57.5 Å². The highest BCUT2D eigenvalue weighted by Crippen LogP contribution is 2.20. The van der Waals surface area contributed by atoms with Crippen LogP contribution in [0, 0.1) is 11.8 Å². The van der Waals surface area contributed by atoms with E-state index >= 15 is 0 Å². The fourth-order valence-electron chi connectivity index (χ4n) is 3.48.